The topological polar surface area (TPSA) is 42.0 Å². The fraction of sp³-hybridized carbons (Fsp3) is 0.143. The van der Waals surface area contributed by atoms with Crippen molar-refractivity contribution < 1.29 is 4.79 Å². The normalized spacial score (nSPS) is 15.9. The quantitative estimate of drug-likeness (QED) is 0.796. The molecule has 2 aromatic heterocycles. The van der Waals surface area contributed by atoms with Gasteiger partial charge in [0.25, 0.3) is 5.91 Å². The van der Waals surface area contributed by atoms with Crippen LogP contribution in [-0.4, -0.2) is 10.9 Å². The Morgan fingerprint density at radius 1 is 1.28 bits per heavy atom. The second kappa shape index (κ2) is 4.07. The number of nitrogens with one attached hydrogen (secondary N) is 1. The molecular weight excluding hydrogens is 244 g/mol. The van der Waals surface area contributed by atoms with E-state index in [0.29, 0.717) is 5.57 Å². The fourth-order valence-electron chi connectivity index (χ4n) is 1.98. The molecule has 90 valence electrons. The summed E-state index contributed by atoms with van der Waals surface area (Å²) >= 11 is 1.63. The Kier molecular flexibility index (Phi) is 2.52. The van der Waals surface area contributed by atoms with E-state index >= 15 is 0 Å². The van der Waals surface area contributed by atoms with Crippen LogP contribution >= 0.6 is 11.3 Å². The van der Waals surface area contributed by atoms with Crippen molar-refractivity contribution in [3.8, 4) is 0 Å². The van der Waals surface area contributed by atoms with Crippen LogP contribution in [0.5, 0.6) is 0 Å². The molecule has 0 aliphatic carbocycles. The minimum Gasteiger partial charge on any atom is -0.320 e. The molecule has 0 spiro atoms. The number of anilines is 1. The molecule has 18 heavy (non-hydrogen) atoms. The first kappa shape index (κ1) is 11.2. The number of carbonyl (C=O) groups excluding carboxylic acids is 1. The van der Waals surface area contributed by atoms with Gasteiger partial charge >= 0.3 is 0 Å². The molecule has 0 saturated carbocycles. The van der Waals surface area contributed by atoms with Crippen molar-refractivity contribution in [3.63, 3.8) is 0 Å². The smallest absolute Gasteiger partial charge is 0.258 e. The molecule has 1 amide bonds. The van der Waals surface area contributed by atoms with Gasteiger partial charge in [0.15, 0.2) is 0 Å². The summed E-state index contributed by atoms with van der Waals surface area (Å²) < 4.78 is 0. The van der Waals surface area contributed by atoms with Gasteiger partial charge in [-0.1, -0.05) is 0 Å². The predicted molar refractivity (Wildman–Crippen MR) is 74.5 cm³/mol. The van der Waals surface area contributed by atoms with E-state index in [-0.39, 0.29) is 5.91 Å². The van der Waals surface area contributed by atoms with E-state index in [9.17, 15) is 4.79 Å². The minimum absolute atomic E-state index is 0.0749. The highest BCUT2D eigenvalue weighted by Gasteiger charge is 2.25. The van der Waals surface area contributed by atoms with Crippen LogP contribution in [0.25, 0.3) is 11.6 Å². The Balaban J connectivity index is 2.09. The number of thiophene rings is 1. The second-order valence-electron chi connectivity index (χ2n) is 4.45. The molecule has 3 nitrogen and oxygen atoms in total. The third kappa shape index (κ3) is 1.84. The van der Waals surface area contributed by atoms with Crippen molar-refractivity contribution in [3.05, 3.63) is 45.4 Å². The molecule has 3 heterocycles. The van der Waals surface area contributed by atoms with E-state index < -0.39 is 0 Å². The van der Waals surface area contributed by atoms with E-state index in [1.54, 1.807) is 17.5 Å². The Bertz CT molecular complexity index is 670. The zero-order valence-corrected chi connectivity index (χ0v) is 11.0. The Hall–Kier alpha value is -1.94. The number of rotatable bonds is 1. The minimum atomic E-state index is -0.0749. The summed E-state index contributed by atoms with van der Waals surface area (Å²) in [5.41, 5.74) is 4.45. The lowest BCUT2D eigenvalue weighted by molar-refractivity contribution is -0.110. The SMILES string of the molecule is Cc1csc(C=C2C(=O)Nc3cc(C)cnc32)c1. The first-order chi connectivity index (χ1) is 8.63. The van der Waals surface area contributed by atoms with Crippen molar-refractivity contribution >= 4 is 34.6 Å². The lowest BCUT2D eigenvalue weighted by atomic mass is 10.1. The van der Waals surface area contributed by atoms with Gasteiger partial charge in [-0.15, -0.1) is 11.3 Å². The van der Waals surface area contributed by atoms with E-state index in [2.05, 4.69) is 21.7 Å². The number of hydrogen-bond donors (Lipinski definition) is 1. The van der Waals surface area contributed by atoms with Crippen molar-refractivity contribution in [1.82, 2.24) is 4.98 Å². The molecule has 0 saturated heterocycles. The molecule has 1 aliphatic rings. The van der Waals surface area contributed by atoms with Crippen molar-refractivity contribution in [2.75, 3.05) is 5.32 Å². The van der Waals surface area contributed by atoms with E-state index in [4.69, 9.17) is 0 Å². The summed E-state index contributed by atoms with van der Waals surface area (Å²) in [4.78, 5) is 17.4. The van der Waals surface area contributed by atoms with Crippen LogP contribution in [0.2, 0.25) is 0 Å². The number of amides is 1. The number of carbonyl (C=O) groups is 1. The average molecular weight is 256 g/mol. The predicted octanol–water partition coefficient (Wildman–Crippen LogP) is 3.25. The summed E-state index contributed by atoms with van der Waals surface area (Å²) in [7, 11) is 0. The number of nitrogens with zero attached hydrogens (tertiary/aromatic N) is 1. The highest BCUT2D eigenvalue weighted by molar-refractivity contribution is 7.11. The van der Waals surface area contributed by atoms with E-state index in [0.717, 1.165) is 21.8 Å². The van der Waals surface area contributed by atoms with Gasteiger partial charge in [0.1, 0.15) is 0 Å². The maximum absolute atomic E-state index is 11.9. The molecule has 1 N–H and O–H groups in total. The van der Waals surface area contributed by atoms with Gasteiger partial charge in [-0.3, -0.25) is 9.78 Å². The molecule has 3 rings (SSSR count). The molecule has 0 radical (unpaired) electrons. The zero-order chi connectivity index (χ0) is 12.7. The largest absolute Gasteiger partial charge is 0.320 e. The van der Waals surface area contributed by atoms with Crippen LogP contribution in [0.1, 0.15) is 21.7 Å². The van der Waals surface area contributed by atoms with Gasteiger partial charge in [0.05, 0.1) is 17.0 Å². The summed E-state index contributed by atoms with van der Waals surface area (Å²) in [6.07, 6.45) is 3.69. The van der Waals surface area contributed by atoms with Crippen LogP contribution in [0, 0.1) is 13.8 Å². The standard InChI is InChI=1S/C14H12N2OS/c1-8-4-12-13(15-6-8)11(14(17)16-12)5-10-3-9(2)7-18-10/h3-7H,1-2H3,(H,16,17). The summed E-state index contributed by atoms with van der Waals surface area (Å²) in [6, 6.07) is 4.01. The fourth-order valence-corrected chi connectivity index (χ4v) is 2.81. The lowest BCUT2D eigenvalue weighted by Gasteiger charge is -1.97. The summed E-state index contributed by atoms with van der Waals surface area (Å²) in [5, 5.41) is 4.92. The average Bonchev–Trinajstić information content (AvgIpc) is 2.84. The van der Waals surface area contributed by atoms with Crippen LogP contribution < -0.4 is 5.32 Å². The van der Waals surface area contributed by atoms with Crippen LogP contribution in [-0.2, 0) is 4.79 Å². The molecule has 0 atom stereocenters. The Morgan fingerprint density at radius 2 is 2.11 bits per heavy atom. The summed E-state index contributed by atoms with van der Waals surface area (Å²) in [6.45, 7) is 4.01. The lowest BCUT2D eigenvalue weighted by Crippen LogP contribution is -2.03. The molecule has 2 aromatic rings. The third-order valence-electron chi connectivity index (χ3n) is 2.81. The van der Waals surface area contributed by atoms with Gasteiger partial charge in [0.2, 0.25) is 0 Å². The first-order valence-corrected chi connectivity index (χ1v) is 6.56. The van der Waals surface area contributed by atoms with Crippen molar-refractivity contribution in [2.45, 2.75) is 13.8 Å². The van der Waals surface area contributed by atoms with Crippen LogP contribution in [0.3, 0.4) is 0 Å². The maximum atomic E-state index is 11.9. The van der Waals surface area contributed by atoms with Gasteiger partial charge in [-0.05, 0) is 48.6 Å². The summed E-state index contributed by atoms with van der Waals surface area (Å²) in [5.74, 6) is -0.0749. The highest BCUT2D eigenvalue weighted by atomic mass is 32.1. The molecular formula is C14H12N2OS. The molecule has 0 fully saturated rings. The Labute approximate surface area is 109 Å². The number of aryl methyl sites for hydroxylation is 2. The van der Waals surface area contributed by atoms with Crippen LogP contribution in [0.15, 0.2) is 23.7 Å². The molecule has 0 aromatic carbocycles. The number of aromatic nitrogens is 1. The van der Waals surface area contributed by atoms with Gasteiger partial charge < -0.3 is 5.32 Å². The maximum Gasteiger partial charge on any atom is 0.258 e. The van der Waals surface area contributed by atoms with E-state index in [1.165, 1.54) is 5.56 Å². The highest BCUT2D eigenvalue weighted by Crippen LogP contribution is 2.32. The molecule has 0 unspecified atom stereocenters. The first-order valence-electron chi connectivity index (χ1n) is 5.69. The number of pyridine rings is 1. The van der Waals surface area contributed by atoms with Crippen LogP contribution in [0.4, 0.5) is 5.69 Å². The number of hydrogen-bond acceptors (Lipinski definition) is 3. The molecule has 1 aliphatic heterocycles. The monoisotopic (exact) mass is 256 g/mol. The van der Waals surface area contributed by atoms with Gasteiger partial charge in [-0.2, -0.15) is 0 Å². The van der Waals surface area contributed by atoms with Gasteiger partial charge in [0, 0.05) is 11.1 Å². The number of fused-ring (bicyclic) bond motifs is 1. The zero-order valence-electron chi connectivity index (χ0n) is 10.2. The van der Waals surface area contributed by atoms with Gasteiger partial charge in [-0.25, -0.2) is 0 Å². The Morgan fingerprint density at radius 3 is 2.83 bits per heavy atom. The van der Waals surface area contributed by atoms with Crippen molar-refractivity contribution in [1.29, 1.82) is 0 Å². The second-order valence-corrected chi connectivity index (χ2v) is 5.39. The molecule has 4 heteroatoms. The van der Waals surface area contributed by atoms with Crippen molar-refractivity contribution in [2.24, 2.45) is 0 Å². The molecule has 0 bridgehead atoms. The third-order valence-corrected chi connectivity index (χ3v) is 3.81. The van der Waals surface area contributed by atoms with E-state index in [1.807, 2.05) is 26.0 Å².